The van der Waals surface area contributed by atoms with Crippen LogP contribution in [-0.4, -0.2) is 35.3 Å². The lowest BCUT2D eigenvalue weighted by Crippen LogP contribution is -2.24. The van der Waals surface area contributed by atoms with Gasteiger partial charge in [0.25, 0.3) is 5.56 Å². The number of ketones is 1. The van der Waals surface area contributed by atoms with Gasteiger partial charge in [0, 0.05) is 36.3 Å². The summed E-state index contributed by atoms with van der Waals surface area (Å²) in [6.07, 6.45) is 4.13. The second-order valence-electron chi connectivity index (χ2n) is 7.20. The highest BCUT2D eigenvalue weighted by molar-refractivity contribution is 7.19. The molecule has 0 unspecified atom stereocenters. The molecule has 4 heterocycles. The minimum Gasteiger partial charge on any atom is -0.323 e. The van der Waals surface area contributed by atoms with Gasteiger partial charge in [-0.3, -0.25) is 14.7 Å². The van der Waals surface area contributed by atoms with Crippen LogP contribution in [0.2, 0.25) is 0 Å². The first-order chi connectivity index (χ1) is 14.5. The van der Waals surface area contributed by atoms with Gasteiger partial charge in [0.05, 0.1) is 17.4 Å². The fraction of sp³-hybridized carbons (Fsp3) is 0.190. The van der Waals surface area contributed by atoms with E-state index in [-0.39, 0.29) is 11.3 Å². The molecule has 150 valence electrons. The topological polar surface area (TPSA) is 98.5 Å². The van der Waals surface area contributed by atoms with Crippen LogP contribution in [0.15, 0.2) is 47.5 Å². The standard InChI is InChI=1S/C21H18N6O2S/c1-12(28)14-5-3-13(4-6-14)11-27-21(29)18-16(10-23-27)19-20(26(18)2)24-17(30-19)9-15-7-8-22-25-15/h3-8,10H,9,11H2,1-2H3,(H,22,25). The fourth-order valence-corrected chi connectivity index (χ4v) is 4.71. The van der Waals surface area contributed by atoms with Gasteiger partial charge in [-0.05, 0) is 18.6 Å². The molecule has 0 bridgehead atoms. The minimum absolute atomic E-state index is 0.0153. The molecule has 0 saturated carbocycles. The van der Waals surface area contributed by atoms with Crippen molar-refractivity contribution in [2.75, 3.05) is 0 Å². The summed E-state index contributed by atoms with van der Waals surface area (Å²) in [5.74, 6) is 0.0153. The van der Waals surface area contributed by atoms with Crippen LogP contribution in [0.3, 0.4) is 0 Å². The third-order valence-electron chi connectivity index (χ3n) is 5.16. The predicted molar refractivity (Wildman–Crippen MR) is 115 cm³/mol. The first-order valence-corrected chi connectivity index (χ1v) is 10.2. The van der Waals surface area contributed by atoms with Crippen molar-refractivity contribution >= 4 is 38.4 Å². The third-order valence-corrected chi connectivity index (χ3v) is 6.24. The van der Waals surface area contributed by atoms with Crippen LogP contribution < -0.4 is 5.56 Å². The van der Waals surface area contributed by atoms with Gasteiger partial charge in [-0.25, -0.2) is 9.67 Å². The van der Waals surface area contributed by atoms with Crippen molar-refractivity contribution in [3.05, 3.63) is 74.9 Å². The molecule has 1 N–H and O–H groups in total. The van der Waals surface area contributed by atoms with E-state index in [1.54, 1.807) is 35.9 Å². The van der Waals surface area contributed by atoms with Crippen molar-refractivity contribution in [1.29, 1.82) is 0 Å². The summed E-state index contributed by atoms with van der Waals surface area (Å²) in [7, 11) is 1.86. The van der Waals surface area contributed by atoms with Crippen LogP contribution in [0.25, 0.3) is 21.3 Å². The maximum absolute atomic E-state index is 13.1. The number of rotatable bonds is 5. The van der Waals surface area contributed by atoms with Crippen LogP contribution in [0.1, 0.15) is 33.5 Å². The molecule has 8 nitrogen and oxygen atoms in total. The second-order valence-corrected chi connectivity index (χ2v) is 8.28. The Kier molecular flexibility index (Phi) is 4.32. The molecule has 5 aromatic rings. The lowest BCUT2D eigenvalue weighted by molar-refractivity contribution is 0.101. The van der Waals surface area contributed by atoms with E-state index in [0.717, 1.165) is 32.0 Å². The Labute approximate surface area is 174 Å². The molecular formula is C21H18N6O2S. The molecule has 30 heavy (non-hydrogen) atoms. The Hall–Kier alpha value is -3.59. The van der Waals surface area contributed by atoms with Crippen molar-refractivity contribution in [3.8, 4) is 0 Å². The second kappa shape index (κ2) is 7.03. The lowest BCUT2D eigenvalue weighted by atomic mass is 10.1. The van der Waals surface area contributed by atoms with E-state index in [0.29, 0.717) is 24.0 Å². The number of aromatic amines is 1. The normalized spacial score (nSPS) is 11.5. The quantitative estimate of drug-likeness (QED) is 0.443. The molecular weight excluding hydrogens is 400 g/mol. The average Bonchev–Trinajstić information content (AvgIpc) is 3.44. The maximum atomic E-state index is 13.1. The summed E-state index contributed by atoms with van der Waals surface area (Å²) in [6, 6.07) is 9.16. The number of nitrogens with one attached hydrogen (secondary N) is 1. The molecule has 0 fully saturated rings. The Bertz CT molecular complexity index is 1440. The van der Waals surface area contributed by atoms with Crippen molar-refractivity contribution in [2.45, 2.75) is 19.9 Å². The zero-order valence-corrected chi connectivity index (χ0v) is 17.2. The number of hydrogen-bond acceptors (Lipinski definition) is 6. The van der Waals surface area contributed by atoms with Gasteiger partial charge in [-0.2, -0.15) is 10.2 Å². The van der Waals surface area contributed by atoms with E-state index in [2.05, 4.69) is 15.3 Å². The lowest BCUT2D eigenvalue weighted by Gasteiger charge is -2.06. The molecule has 9 heteroatoms. The van der Waals surface area contributed by atoms with Gasteiger partial charge in [0.1, 0.15) is 10.5 Å². The molecule has 0 aliphatic carbocycles. The monoisotopic (exact) mass is 418 g/mol. The van der Waals surface area contributed by atoms with Crippen molar-refractivity contribution in [1.82, 2.24) is 29.5 Å². The summed E-state index contributed by atoms with van der Waals surface area (Å²) < 4.78 is 4.25. The molecule has 4 aromatic heterocycles. The highest BCUT2D eigenvalue weighted by Crippen LogP contribution is 2.31. The molecule has 5 rings (SSSR count). The van der Waals surface area contributed by atoms with Crippen LogP contribution in [0.5, 0.6) is 0 Å². The fourth-order valence-electron chi connectivity index (χ4n) is 3.58. The Morgan fingerprint density at radius 2 is 2.00 bits per heavy atom. The molecule has 0 aliphatic rings. The SMILES string of the molecule is CC(=O)c1ccc(Cn2ncc3c4sc(Cc5ccn[nH]5)nc4n(C)c3c2=O)cc1. The number of aryl methyl sites for hydroxylation is 1. The van der Waals surface area contributed by atoms with E-state index in [1.165, 1.54) is 11.6 Å². The average molecular weight is 418 g/mol. The van der Waals surface area contributed by atoms with E-state index in [9.17, 15) is 9.59 Å². The van der Waals surface area contributed by atoms with Gasteiger partial charge < -0.3 is 4.57 Å². The van der Waals surface area contributed by atoms with Crippen LogP contribution in [0.4, 0.5) is 0 Å². The van der Waals surface area contributed by atoms with Gasteiger partial charge in [-0.15, -0.1) is 11.3 Å². The molecule has 0 amide bonds. The molecule has 0 atom stereocenters. The highest BCUT2D eigenvalue weighted by Gasteiger charge is 2.18. The third kappa shape index (κ3) is 3.03. The zero-order valence-electron chi connectivity index (χ0n) is 16.4. The summed E-state index contributed by atoms with van der Waals surface area (Å²) in [4.78, 5) is 29.3. The van der Waals surface area contributed by atoms with Crippen molar-refractivity contribution in [3.63, 3.8) is 0 Å². The van der Waals surface area contributed by atoms with E-state index in [1.807, 2.05) is 29.8 Å². The number of carbonyl (C=O) groups is 1. The Balaban J connectivity index is 1.53. The van der Waals surface area contributed by atoms with Crippen molar-refractivity contribution < 1.29 is 4.79 Å². The van der Waals surface area contributed by atoms with Gasteiger partial charge in [0.2, 0.25) is 0 Å². The number of benzene rings is 1. The van der Waals surface area contributed by atoms with Crippen molar-refractivity contribution in [2.24, 2.45) is 7.05 Å². The maximum Gasteiger partial charge on any atom is 0.291 e. The number of aromatic nitrogens is 6. The summed E-state index contributed by atoms with van der Waals surface area (Å²) in [5, 5.41) is 13.1. The molecule has 1 aromatic carbocycles. The van der Waals surface area contributed by atoms with Gasteiger partial charge in [0.15, 0.2) is 11.4 Å². The summed E-state index contributed by atoms with van der Waals surface area (Å²) >= 11 is 1.57. The first-order valence-electron chi connectivity index (χ1n) is 9.43. The summed E-state index contributed by atoms with van der Waals surface area (Å²) in [5.41, 5.74) is 3.76. The molecule has 0 aliphatic heterocycles. The van der Waals surface area contributed by atoms with E-state index >= 15 is 0 Å². The number of thiazole rings is 1. The molecule has 0 saturated heterocycles. The number of nitrogens with zero attached hydrogens (tertiary/aromatic N) is 5. The predicted octanol–water partition coefficient (Wildman–Crippen LogP) is 2.91. The summed E-state index contributed by atoms with van der Waals surface area (Å²) in [6.45, 7) is 1.87. The number of fused-ring (bicyclic) bond motifs is 3. The first kappa shape index (κ1) is 18.4. The number of carbonyl (C=O) groups excluding carboxylic acids is 1. The van der Waals surface area contributed by atoms with Gasteiger partial charge in [-0.1, -0.05) is 24.3 Å². The van der Waals surface area contributed by atoms with Crippen LogP contribution in [-0.2, 0) is 20.0 Å². The van der Waals surface area contributed by atoms with Crippen LogP contribution in [0, 0.1) is 0 Å². The van der Waals surface area contributed by atoms with Gasteiger partial charge >= 0.3 is 0 Å². The number of H-pyrrole nitrogens is 1. The van der Waals surface area contributed by atoms with E-state index in [4.69, 9.17) is 4.98 Å². The Morgan fingerprint density at radius 3 is 2.70 bits per heavy atom. The van der Waals surface area contributed by atoms with Crippen LogP contribution >= 0.6 is 11.3 Å². The number of Topliss-reactive ketones (excluding diaryl/α,β-unsaturated/α-hetero) is 1. The largest absolute Gasteiger partial charge is 0.323 e. The smallest absolute Gasteiger partial charge is 0.291 e. The Morgan fingerprint density at radius 1 is 1.20 bits per heavy atom. The number of hydrogen-bond donors (Lipinski definition) is 1. The highest BCUT2D eigenvalue weighted by atomic mass is 32.1. The molecule has 0 radical (unpaired) electrons. The van der Waals surface area contributed by atoms with E-state index < -0.39 is 0 Å². The zero-order chi connectivity index (χ0) is 20.8. The minimum atomic E-state index is -0.161. The molecule has 0 spiro atoms.